The van der Waals surface area contributed by atoms with E-state index in [0.717, 1.165) is 36.4 Å². The Kier molecular flexibility index (Phi) is 9.82. The number of rotatable bonds is 10. The summed E-state index contributed by atoms with van der Waals surface area (Å²) in [5.41, 5.74) is -0.782. The van der Waals surface area contributed by atoms with E-state index in [-0.39, 0.29) is 46.2 Å². The largest absolute Gasteiger partial charge is 0.507 e. The first kappa shape index (κ1) is 34.8. The lowest BCUT2D eigenvalue weighted by molar-refractivity contribution is 0.0681. The minimum absolute atomic E-state index is 0.00709. The van der Waals surface area contributed by atoms with Crippen molar-refractivity contribution >= 4 is 89.5 Å². The highest BCUT2D eigenvalue weighted by atomic mass is 35.5. The summed E-state index contributed by atoms with van der Waals surface area (Å²) < 4.78 is 61.6. The van der Waals surface area contributed by atoms with Gasteiger partial charge in [-0.05, 0) is 48.5 Å². The maximum Gasteiger partial charge on any atom is 0.347 e. The molecule has 0 unspecified atom stereocenters. The fourth-order valence-corrected chi connectivity index (χ4v) is 8.85. The third kappa shape index (κ3) is 7.31. The van der Waals surface area contributed by atoms with Crippen LogP contribution in [0.4, 0.5) is 11.4 Å². The topological polar surface area (TPSA) is 196 Å². The number of aromatic carboxylic acids is 1. The molecule has 18 heteroatoms. The lowest BCUT2D eigenvalue weighted by Crippen LogP contribution is -2.15. The number of carboxylic acids is 1. The van der Waals surface area contributed by atoms with Crippen LogP contribution in [-0.2, 0) is 20.0 Å². The van der Waals surface area contributed by atoms with Gasteiger partial charge in [-0.3, -0.25) is 9.44 Å². The Morgan fingerprint density at radius 1 is 0.708 bits per heavy atom. The van der Waals surface area contributed by atoms with Crippen molar-refractivity contribution in [3.63, 3.8) is 0 Å². The molecule has 0 saturated carbocycles. The van der Waals surface area contributed by atoms with Crippen LogP contribution in [0.1, 0.15) is 20.7 Å². The fourth-order valence-electron chi connectivity index (χ4n) is 4.24. The molecule has 248 valence electrons. The van der Waals surface area contributed by atoms with E-state index in [2.05, 4.69) is 9.44 Å². The maximum atomic E-state index is 13.2. The van der Waals surface area contributed by atoms with Crippen LogP contribution in [0.25, 0.3) is 11.1 Å². The Bertz CT molecular complexity index is 2330. The number of ether oxygens (including phenoxy) is 1. The number of carbonyl (C=O) groups is 2. The highest BCUT2D eigenvalue weighted by Gasteiger charge is 2.25. The molecule has 0 aliphatic heterocycles. The molecule has 4 aromatic carbocycles. The van der Waals surface area contributed by atoms with Crippen LogP contribution in [0.3, 0.4) is 0 Å². The third-order valence-electron chi connectivity index (χ3n) is 6.47. The molecule has 0 atom stereocenters. The Morgan fingerprint density at radius 3 is 2.02 bits per heavy atom. The lowest BCUT2D eigenvalue weighted by atomic mass is 10.1. The number of carboxylic acid groups (broad SMARTS) is 1. The first-order valence-corrected chi connectivity index (χ1v) is 18.0. The van der Waals surface area contributed by atoms with Crippen LogP contribution < -0.4 is 14.2 Å². The zero-order chi connectivity index (χ0) is 35.0. The number of hydrogen-bond acceptors (Lipinski definition) is 10. The number of thiophene rings is 1. The highest BCUT2D eigenvalue weighted by molar-refractivity contribution is 7.94. The van der Waals surface area contributed by atoms with Crippen molar-refractivity contribution in [2.24, 2.45) is 0 Å². The molecule has 1 aromatic heterocycles. The van der Waals surface area contributed by atoms with Gasteiger partial charge in [-0.25, -0.2) is 26.4 Å². The monoisotopic (exact) mass is 768 g/mol. The average molecular weight is 770 g/mol. The maximum absolute atomic E-state index is 13.2. The van der Waals surface area contributed by atoms with E-state index >= 15 is 0 Å². The molecule has 48 heavy (non-hydrogen) atoms. The van der Waals surface area contributed by atoms with E-state index in [1.807, 2.05) is 0 Å². The number of benzene rings is 4. The molecule has 5 N–H and O–H groups in total. The van der Waals surface area contributed by atoms with Gasteiger partial charge in [0.25, 0.3) is 20.0 Å². The quantitative estimate of drug-likeness (QED) is 0.0710. The number of anilines is 2. The highest BCUT2D eigenvalue weighted by Crippen LogP contribution is 2.41. The predicted molar refractivity (Wildman–Crippen MR) is 181 cm³/mol. The number of hydrogen-bond donors (Lipinski definition) is 5. The minimum atomic E-state index is -4.32. The molecular weight excluding hydrogens is 751 g/mol. The number of phenolic OH excluding ortho intramolecular Hbond substituents is 2. The van der Waals surface area contributed by atoms with Crippen molar-refractivity contribution in [1.29, 1.82) is 0 Å². The second-order valence-electron chi connectivity index (χ2n) is 9.67. The number of halogens is 3. The van der Waals surface area contributed by atoms with Crippen LogP contribution in [0.2, 0.25) is 14.4 Å². The Hall–Kier alpha value is -4.51. The van der Waals surface area contributed by atoms with Crippen LogP contribution in [0.15, 0.2) is 94.0 Å². The molecule has 0 aliphatic carbocycles. The second kappa shape index (κ2) is 13.5. The number of sulfonamides is 2. The van der Waals surface area contributed by atoms with Crippen molar-refractivity contribution in [2.75, 3.05) is 9.44 Å². The van der Waals surface area contributed by atoms with Crippen molar-refractivity contribution in [3.05, 3.63) is 110 Å². The summed E-state index contributed by atoms with van der Waals surface area (Å²) in [4.78, 5) is 24.5. The molecule has 5 rings (SSSR count). The summed E-state index contributed by atoms with van der Waals surface area (Å²) in [5, 5.41) is 30.1. The molecule has 0 spiro atoms. The first-order valence-electron chi connectivity index (χ1n) is 13.1. The van der Waals surface area contributed by atoms with Gasteiger partial charge in [0.2, 0.25) is 0 Å². The second-order valence-corrected chi connectivity index (χ2v) is 15.7. The predicted octanol–water partition coefficient (Wildman–Crippen LogP) is 7.31. The molecule has 0 saturated heterocycles. The average Bonchev–Trinajstić information content (AvgIpc) is 3.40. The number of phenols is 2. The molecule has 0 radical (unpaired) electrons. The van der Waals surface area contributed by atoms with Gasteiger partial charge in [0.1, 0.15) is 41.8 Å². The smallest absolute Gasteiger partial charge is 0.347 e. The minimum Gasteiger partial charge on any atom is -0.507 e. The molecule has 0 amide bonds. The SMILES string of the molecule is O=C(Oc1cc(NS(=O)(=O)c2cc(-c3ccccc3O)c(Cl)s2)ccc1C(=O)O)c1ccc(NS(=O)(=O)c2cccc(Cl)c2Cl)cc1O. The summed E-state index contributed by atoms with van der Waals surface area (Å²) in [7, 11) is -8.59. The normalized spacial score (nSPS) is 11.6. The number of aromatic hydroxyl groups is 2. The summed E-state index contributed by atoms with van der Waals surface area (Å²) in [5.74, 6) is -4.19. The number of esters is 1. The lowest BCUT2D eigenvalue weighted by Gasteiger charge is -2.13. The molecular formula is C30H19Cl3N2O10S3. The Morgan fingerprint density at radius 2 is 1.35 bits per heavy atom. The summed E-state index contributed by atoms with van der Waals surface area (Å²) in [6.07, 6.45) is 0. The van der Waals surface area contributed by atoms with Gasteiger partial charge in [0.05, 0.1) is 21.4 Å². The van der Waals surface area contributed by atoms with Gasteiger partial charge in [-0.1, -0.05) is 59.1 Å². The van der Waals surface area contributed by atoms with Gasteiger partial charge in [-0.2, -0.15) is 0 Å². The van der Waals surface area contributed by atoms with Gasteiger partial charge in [0, 0.05) is 23.3 Å². The van der Waals surface area contributed by atoms with Gasteiger partial charge >= 0.3 is 11.9 Å². The fraction of sp³-hybridized carbons (Fsp3) is 0. The van der Waals surface area contributed by atoms with Gasteiger partial charge < -0.3 is 20.1 Å². The van der Waals surface area contributed by atoms with E-state index in [9.17, 15) is 41.7 Å². The van der Waals surface area contributed by atoms with E-state index in [4.69, 9.17) is 39.5 Å². The molecule has 0 fully saturated rings. The molecule has 0 aliphatic rings. The summed E-state index contributed by atoms with van der Waals surface area (Å²) in [6, 6.07) is 17.6. The number of para-hydroxylation sites is 1. The Labute approximate surface area is 291 Å². The van der Waals surface area contributed by atoms with Gasteiger partial charge in [0.15, 0.2) is 0 Å². The van der Waals surface area contributed by atoms with E-state index in [1.54, 1.807) is 18.2 Å². The Balaban J connectivity index is 1.38. The number of nitrogens with one attached hydrogen (secondary N) is 2. The van der Waals surface area contributed by atoms with Gasteiger partial charge in [-0.15, -0.1) is 11.3 Å². The third-order valence-corrected chi connectivity index (χ3v) is 12.0. The first-order chi connectivity index (χ1) is 22.6. The molecule has 1 heterocycles. The standard InChI is InChI=1S/C30H19Cl3N2O10S3/c31-21-5-3-7-25(27(21)32)47(41,42)34-15-8-10-18(23(37)12-15)30(40)45-24-13-16(9-11-19(24)29(38)39)35-48(43,44)26-14-20(28(33)46-26)17-4-1-2-6-22(17)36/h1-14,34-37H,(H,38,39). The van der Waals surface area contributed by atoms with Crippen LogP contribution >= 0.6 is 46.1 Å². The zero-order valence-electron chi connectivity index (χ0n) is 23.6. The molecule has 5 aromatic rings. The van der Waals surface area contributed by atoms with Crippen LogP contribution in [-0.4, -0.2) is 44.1 Å². The summed E-state index contributed by atoms with van der Waals surface area (Å²) in [6.45, 7) is 0. The van der Waals surface area contributed by atoms with Crippen molar-refractivity contribution in [2.45, 2.75) is 9.10 Å². The van der Waals surface area contributed by atoms with Crippen LogP contribution in [0, 0.1) is 0 Å². The van der Waals surface area contributed by atoms with Crippen molar-refractivity contribution in [3.8, 4) is 28.4 Å². The summed E-state index contributed by atoms with van der Waals surface area (Å²) >= 11 is 18.9. The van der Waals surface area contributed by atoms with Crippen molar-refractivity contribution < 1.29 is 46.5 Å². The van der Waals surface area contributed by atoms with E-state index in [0.29, 0.717) is 16.9 Å². The number of carbonyl (C=O) groups excluding carboxylic acids is 1. The molecule has 0 bridgehead atoms. The van der Waals surface area contributed by atoms with E-state index < -0.39 is 54.6 Å². The van der Waals surface area contributed by atoms with E-state index in [1.165, 1.54) is 30.3 Å². The van der Waals surface area contributed by atoms with Crippen molar-refractivity contribution in [1.82, 2.24) is 0 Å². The zero-order valence-corrected chi connectivity index (χ0v) is 28.4. The molecule has 12 nitrogen and oxygen atoms in total. The van der Waals surface area contributed by atoms with Crippen LogP contribution in [0.5, 0.6) is 17.2 Å².